The minimum atomic E-state index is -2.40. The number of fused-ring (bicyclic) bond motifs is 4. The molecule has 0 N–H and O–H groups in total. The van der Waals surface area contributed by atoms with E-state index in [0.717, 1.165) is 39.2 Å². The summed E-state index contributed by atoms with van der Waals surface area (Å²) in [6.45, 7) is 15.3. The minimum absolute atomic E-state index is 0.0636. The Morgan fingerprint density at radius 1 is 0.661 bits per heavy atom. The van der Waals surface area contributed by atoms with Crippen LogP contribution in [0.3, 0.4) is 0 Å². The quantitative estimate of drug-likeness (QED) is 0.170. The molecule has 5 heteroatoms. The largest absolute Gasteiger partial charge is 0.457 e. The second kappa shape index (κ2) is 13.6. The molecular formula is C51H56N4O. The number of nitrogens with zero attached hydrogens (tertiary/aromatic N) is 4. The van der Waals surface area contributed by atoms with Gasteiger partial charge in [-0.3, -0.25) is 4.57 Å². The van der Waals surface area contributed by atoms with E-state index >= 15 is 0 Å². The standard InChI is InChI=1S/C51H56N4O/c1-33-15-12-20-44-48(33)53(31-35-21-22-36(27-34(35)2)49(3,4)5)32-54(44)38-16-13-17-39(29-38)56-40-23-24-41-45(30-40)55(46-28-37(25-26-52-46)50(6,7)8)43-19-14-18-42(47(41)43)51(9,10)11/h12-30H,31-32H2,1-11H3/i1D3,2D3. The number of hydrogen-bond acceptors (Lipinski definition) is 4. The molecule has 0 bridgehead atoms. The number of rotatable bonds is 6. The smallest absolute Gasteiger partial charge is 0.137 e. The van der Waals surface area contributed by atoms with Crippen molar-refractivity contribution in [1.82, 2.24) is 9.55 Å². The van der Waals surface area contributed by atoms with Gasteiger partial charge < -0.3 is 14.5 Å². The molecule has 0 atom stereocenters. The summed E-state index contributed by atoms with van der Waals surface area (Å²) in [7, 11) is 0. The van der Waals surface area contributed by atoms with E-state index in [9.17, 15) is 0 Å². The van der Waals surface area contributed by atoms with Gasteiger partial charge in [-0.1, -0.05) is 111 Å². The van der Waals surface area contributed by atoms with Crippen LogP contribution in [0.5, 0.6) is 11.5 Å². The number of hydrogen-bond donors (Lipinski definition) is 0. The van der Waals surface area contributed by atoms with E-state index in [4.69, 9.17) is 17.9 Å². The van der Waals surface area contributed by atoms with E-state index in [1.807, 2.05) is 59.6 Å². The van der Waals surface area contributed by atoms with Crippen molar-refractivity contribution in [1.29, 1.82) is 0 Å². The number of aromatic nitrogens is 2. The Labute approximate surface area is 342 Å². The van der Waals surface area contributed by atoms with Crippen LogP contribution in [-0.2, 0) is 22.8 Å². The fourth-order valence-electron chi connectivity index (χ4n) is 7.98. The van der Waals surface area contributed by atoms with E-state index in [2.05, 4.69) is 114 Å². The molecule has 0 saturated carbocycles. The van der Waals surface area contributed by atoms with Crippen molar-refractivity contribution in [2.24, 2.45) is 0 Å². The fourth-order valence-corrected chi connectivity index (χ4v) is 7.98. The van der Waals surface area contributed by atoms with Gasteiger partial charge in [-0.15, -0.1) is 0 Å². The zero-order valence-corrected chi connectivity index (χ0v) is 34.1. The third-order valence-corrected chi connectivity index (χ3v) is 11.0. The summed E-state index contributed by atoms with van der Waals surface area (Å²) in [5.74, 6) is 2.11. The molecule has 1 aliphatic heterocycles. The zero-order valence-electron chi connectivity index (χ0n) is 40.1. The van der Waals surface area contributed by atoms with Crippen molar-refractivity contribution in [3.05, 3.63) is 149 Å². The molecule has 0 unspecified atom stereocenters. The summed E-state index contributed by atoms with van der Waals surface area (Å²) < 4.78 is 59.8. The SMILES string of the molecule is [2H]C([2H])([2H])c1cc(C(C)(C)C)ccc1CN1CN(c2cccc(Oc3ccc4c5c(C(C)(C)C)cccc5n(-c5cc(C(C)(C)C)ccn5)c4c3)c2)c2cccc(C([2H])([2H])[2H])c21. The van der Waals surface area contributed by atoms with Crippen molar-refractivity contribution in [2.75, 3.05) is 16.5 Å². The first-order valence-corrected chi connectivity index (χ1v) is 19.5. The van der Waals surface area contributed by atoms with Crippen LogP contribution in [0.1, 0.15) is 104 Å². The number of ether oxygens (including phenoxy) is 1. The van der Waals surface area contributed by atoms with E-state index in [0.29, 0.717) is 29.4 Å². The highest BCUT2D eigenvalue weighted by Gasteiger charge is 2.30. The van der Waals surface area contributed by atoms with Crippen molar-refractivity contribution in [3.8, 4) is 17.3 Å². The third kappa shape index (κ3) is 6.82. The van der Waals surface area contributed by atoms with Crippen molar-refractivity contribution < 1.29 is 13.0 Å². The lowest BCUT2D eigenvalue weighted by Crippen LogP contribution is -2.28. The second-order valence-electron chi connectivity index (χ2n) is 18.3. The van der Waals surface area contributed by atoms with Crippen LogP contribution in [0.25, 0.3) is 27.6 Å². The third-order valence-electron chi connectivity index (χ3n) is 11.0. The predicted octanol–water partition coefficient (Wildman–Crippen LogP) is 13.6. The fraction of sp³-hybridized carbons (Fsp3) is 0.314. The number of aryl methyl sites for hydroxylation is 2. The zero-order chi connectivity index (χ0) is 44.7. The summed E-state index contributed by atoms with van der Waals surface area (Å²) in [6, 6.07) is 35.8. The first kappa shape index (κ1) is 30.6. The molecule has 5 nitrogen and oxygen atoms in total. The van der Waals surface area contributed by atoms with Gasteiger partial charge in [0.05, 0.1) is 29.1 Å². The van der Waals surface area contributed by atoms with Gasteiger partial charge in [0.1, 0.15) is 17.3 Å². The molecule has 0 fully saturated rings. The average Bonchev–Trinajstić information content (AvgIpc) is 3.71. The highest BCUT2D eigenvalue weighted by atomic mass is 16.5. The molecule has 0 spiro atoms. The van der Waals surface area contributed by atoms with Crippen molar-refractivity contribution >= 4 is 38.9 Å². The molecule has 3 heterocycles. The van der Waals surface area contributed by atoms with Gasteiger partial charge in [0, 0.05) is 49.6 Å². The van der Waals surface area contributed by atoms with Gasteiger partial charge in [-0.25, -0.2) is 4.98 Å². The summed E-state index contributed by atoms with van der Waals surface area (Å²) in [5.41, 5.74) is 8.24. The first-order valence-electron chi connectivity index (χ1n) is 22.5. The molecule has 7 aromatic rings. The Morgan fingerprint density at radius 2 is 1.39 bits per heavy atom. The van der Waals surface area contributed by atoms with Gasteiger partial charge in [0.2, 0.25) is 0 Å². The first-order chi connectivity index (χ1) is 28.9. The Kier molecular flexibility index (Phi) is 7.43. The lowest BCUT2D eigenvalue weighted by Gasteiger charge is -2.25. The molecule has 0 radical (unpaired) electrons. The molecule has 286 valence electrons. The lowest BCUT2D eigenvalue weighted by atomic mass is 9.84. The Hall–Kier alpha value is -5.55. The molecule has 56 heavy (non-hydrogen) atoms. The summed E-state index contributed by atoms with van der Waals surface area (Å²) in [6.07, 6.45) is 1.89. The molecule has 2 aromatic heterocycles. The van der Waals surface area contributed by atoms with Crippen LogP contribution in [-0.4, -0.2) is 16.2 Å². The number of benzene rings is 5. The van der Waals surface area contributed by atoms with Crippen LogP contribution in [0.2, 0.25) is 0 Å². The van der Waals surface area contributed by atoms with E-state index in [-0.39, 0.29) is 33.9 Å². The highest BCUT2D eigenvalue weighted by molar-refractivity contribution is 6.11. The van der Waals surface area contributed by atoms with Gasteiger partial charge in [0.25, 0.3) is 0 Å². The van der Waals surface area contributed by atoms with Crippen LogP contribution in [0.15, 0.2) is 115 Å². The van der Waals surface area contributed by atoms with Crippen molar-refractivity contribution in [2.45, 2.75) is 98.8 Å². The molecule has 0 aliphatic carbocycles. The highest BCUT2D eigenvalue weighted by Crippen LogP contribution is 2.45. The number of pyridine rings is 1. The predicted molar refractivity (Wildman–Crippen MR) is 237 cm³/mol. The summed E-state index contributed by atoms with van der Waals surface area (Å²) >= 11 is 0. The van der Waals surface area contributed by atoms with Gasteiger partial charge >= 0.3 is 0 Å². The van der Waals surface area contributed by atoms with Crippen molar-refractivity contribution in [3.63, 3.8) is 0 Å². The van der Waals surface area contributed by atoms with E-state index in [1.165, 1.54) is 16.5 Å². The molecule has 0 saturated heterocycles. The maximum atomic E-state index is 8.49. The van der Waals surface area contributed by atoms with Gasteiger partial charge in [-0.2, -0.15) is 0 Å². The molecular weight excluding hydrogens is 685 g/mol. The van der Waals surface area contributed by atoms with Crippen LogP contribution in [0, 0.1) is 13.7 Å². The van der Waals surface area contributed by atoms with Gasteiger partial charge in [-0.05, 0) is 112 Å². The molecule has 0 amide bonds. The summed E-state index contributed by atoms with van der Waals surface area (Å²) in [4.78, 5) is 8.96. The van der Waals surface area contributed by atoms with Crippen LogP contribution in [0.4, 0.5) is 17.1 Å². The lowest BCUT2D eigenvalue weighted by molar-refractivity contribution is 0.483. The number of anilines is 3. The Morgan fingerprint density at radius 3 is 2.14 bits per heavy atom. The minimum Gasteiger partial charge on any atom is -0.457 e. The average molecular weight is 747 g/mol. The summed E-state index contributed by atoms with van der Waals surface area (Å²) in [5, 5.41) is 2.31. The van der Waals surface area contributed by atoms with E-state index < -0.39 is 13.7 Å². The van der Waals surface area contributed by atoms with Crippen LogP contribution < -0.4 is 14.5 Å². The Bertz CT molecular complexity index is 2830. The monoisotopic (exact) mass is 746 g/mol. The molecule has 1 aliphatic rings. The maximum absolute atomic E-state index is 8.49. The topological polar surface area (TPSA) is 33.5 Å². The molecule has 8 rings (SSSR count). The maximum Gasteiger partial charge on any atom is 0.137 e. The van der Waals surface area contributed by atoms with Gasteiger partial charge in [0.15, 0.2) is 0 Å². The molecule has 5 aromatic carbocycles. The van der Waals surface area contributed by atoms with Crippen LogP contribution >= 0.6 is 0 Å². The number of para-hydroxylation sites is 1. The second-order valence-corrected chi connectivity index (χ2v) is 18.3. The normalized spacial score (nSPS) is 15.6. The van der Waals surface area contributed by atoms with E-state index in [1.54, 1.807) is 18.2 Å². The Balaban J connectivity index is 1.19.